The number of ether oxygens (including phenoxy) is 1. The number of carbonyl (C=O) groups excluding carboxylic acids is 1. The maximum atomic E-state index is 13.5. The third-order valence-corrected chi connectivity index (χ3v) is 5.00. The van der Waals surface area contributed by atoms with Crippen molar-refractivity contribution in [2.45, 2.75) is 6.42 Å². The molecule has 4 rings (SSSR count). The van der Waals surface area contributed by atoms with Crippen molar-refractivity contribution in [3.63, 3.8) is 0 Å². The fourth-order valence-corrected chi connectivity index (χ4v) is 3.59. The van der Waals surface area contributed by atoms with Crippen LogP contribution >= 0.6 is 11.3 Å². The monoisotopic (exact) mass is 414 g/mol. The number of nitrogens with zero attached hydrogens (tertiary/aromatic N) is 3. The predicted octanol–water partition coefficient (Wildman–Crippen LogP) is 3.47. The Morgan fingerprint density at radius 3 is 2.86 bits per heavy atom. The van der Waals surface area contributed by atoms with Crippen LogP contribution in [0.5, 0.6) is 5.75 Å². The van der Waals surface area contributed by atoms with Crippen LogP contribution in [0.25, 0.3) is 16.3 Å². The molecule has 0 bridgehead atoms. The van der Waals surface area contributed by atoms with Gasteiger partial charge < -0.3 is 10.1 Å². The molecule has 0 unspecified atom stereocenters. The van der Waals surface area contributed by atoms with Gasteiger partial charge in [0.05, 0.1) is 5.69 Å². The summed E-state index contributed by atoms with van der Waals surface area (Å²) in [4.78, 5) is 17.0. The number of amides is 1. The molecule has 0 fully saturated rings. The zero-order valence-corrected chi connectivity index (χ0v) is 16.0. The molecule has 0 aliphatic carbocycles. The Hall–Kier alpha value is -3.33. The van der Waals surface area contributed by atoms with E-state index in [0.29, 0.717) is 29.3 Å². The van der Waals surface area contributed by atoms with Crippen molar-refractivity contribution in [2.75, 3.05) is 13.2 Å². The number of benzene rings is 2. The van der Waals surface area contributed by atoms with Crippen molar-refractivity contribution >= 4 is 22.2 Å². The molecule has 2 heterocycles. The topological polar surface area (TPSA) is 68.5 Å². The molecule has 9 heteroatoms. The van der Waals surface area contributed by atoms with Gasteiger partial charge >= 0.3 is 0 Å². The summed E-state index contributed by atoms with van der Waals surface area (Å²) in [6.45, 7) is 0.0908. The van der Waals surface area contributed by atoms with Gasteiger partial charge in [0.15, 0.2) is 24.0 Å². The number of hydrogen-bond acceptors (Lipinski definition) is 5. The molecular formula is C20H16F2N4O2S. The highest BCUT2D eigenvalue weighted by Crippen LogP contribution is 2.21. The molecule has 4 aromatic rings. The Morgan fingerprint density at radius 1 is 1.17 bits per heavy atom. The highest BCUT2D eigenvalue weighted by molar-refractivity contribution is 7.15. The lowest BCUT2D eigenvalue weighted by Gasteiger charge is -2.07. The van der Waals surface area contributed by atoms with Crippen LogP contribution in [0.2, 0.25) is 0 Å². The summed E-state index contributed by atoms with van der Waals surface area (Å²) in [6, 6.07) is 12.0. The van der Waals surface area contributed by atoms with Gasteiger partial charge in [-0.1, -0.05) is 24.3 Å². The Bertz CT molecular complexity index is 1160. The quantitative estimate of drug-likeness (QED) is 0.503. The second-order valence-electron chi connectivity index (χ2n) is 6.19. The first-order valence-electron chi connectivity index (χ1n) is 8.83. The summed E-state index contributed by atoms with van der Waals surface area (Å²) in [6.07, 6.45) is 0.525. The van der Waals surface area contributed by atoms with E-state index in [4.69, 9.17) is 4.74 Å². The number of para-hydroxylation sites is 1. The van der Waals surface area contributed by atoms with Gasteiger partial charge in [-0.2, -0.15) is 4.98 Å². The molecule has 0 spiro atoms. The highest BCUT2D eigenvalue weighted by atomic mass is 32.1. The summed E-state index contributed by atoms with van der Waals surface area (Å²) < 4.78 is 33.8. The smallest absolute Gasteiger partial charge is 0.257 e. The van der Waals surface area contributed by atoms with E-state index >= 15 is 0 Å². The van der Waals surface area contributed by atoms with Gasteiger partial charge in [-0.25, -0.2) is 13.3 Å². The van der Waals surface area contributed by atoms with Gasteiger partial charge in [0, 0.05) is 23.9 Å². The Labute approximate surface area is 168 Å². The third-order valence-electron chi connectivity index (χ3n) is 4.13. The van der Waals surface area contributed by atoms with Crippen LogP contribution in [0.15, 0.2) is 53.9 Å². The maximum absolute atomic E-state index is 13.5. The SMILES string of the molecule is O=C(COc1ccccc1F)NCCc1csc2nc(-c3cccc(F)c3)nn12. The molecule has 1 amide bonds. The van der Waals surface area contributed by atoms with Crippen LogP contribution in [-0.4, -0.2) is 33.7 Å². The zero-order chi connectivity index (χ0) is 20.2. The molecule has 148 valence electrons. The first-order chi connectivity index (χ1) is 14.1. The second kappa shape index (κ2) is 8.36. The van der Waals surface area contributed by atoms with E-state index in [1.807, 2.05) is 5.38 Å². The van der Waals surface area contributed by atoms with Gasteiger partial charge in [-0.3, -0.25) is 4.79 Å². The normalized spacial score (nSPS) is 11.0. The summed E-state index contributed by atoms with van der Waals surface area (Å²) in [5.74, 6) is -0.726. The van der Waals surface area contributed by atoms with Gasteiger partial charge in [-0.05, 0) is 24.3 Å². The average molecular weight is 414 g/mol. The van der Waals surface area contributed by atoms with Crippen molar-refractivity contribution < 1.29 is 18.3 Å². The van der Waals surface area contributed by atoms with Crippen LogP contribution in [0.4, 0.5) is 8.78 Å². The molecule has 2 aromatic heterocycles. The number of aromatic nitrogens is 3. The molecule has 2 aromatic carbocycles. The molecule has 0 atom stereocenters. The van der Waals surface area contributed by atoms with E-state index in [2.05, 4.69) is 15.4 Å². The molecular weight excluding hydrogens is 398 g/mol. The molecule has 0 aliphatic heterocycles. The second-order valence-corrected chi connectivity index (χ2v) is 7.02. The van der Waals surface area contributed by atoms with Crippen LogP contribution in [-0.2, 0) is 11.2 Å². The number of fused-ring (bicyclic) bond motifs is 1. The minimum Gasteiger partial charge on any atom is -0.481 e. The van der Waals surface area contributed by atoms with Gasteiger partial charge in [0.1, 0.15) is 5.82 Å². The molecule has 0 radical (unpaired) electrons. The van der Waals surface area contributed by atoms with E-state index < -0.39 is 5.82 Å². The Balaban J connectivity index is 1.34. The van der Waals surface area contributed by atoms with Gasteiger partial charge in [-0.15, -0.1) is 16.4 Å². The summed E-state index contributed by atoms with van der Waals surface area (Å²) in [5, 5.41) is 9.08. The minimum atomic E-state index is -0.513. The van der Waals surface area contributed by atoms with Crippen LogP contribution in [0.1, 0.15) is 5.69 Å². The van der Waals surface area contributed by atoms with Gasteiger partial charge in [0.2, 0.25) is 4.96 Å². The van der Waals surface area contributed by atoms with Crippen molar-refractivity contribution in [2.24, 2.45) is 0 Å². The summed E-state index contributed by atoms with van der Waals surface area (Å²) >= 11 is 1.42. The lowest BCUT2D eigenvalue weighted by molar-refractivity contribution is -0.123. The van der Waals surface area contributed by atoms with Crippen molar-refractivity contribution in [1.82, 2.24) is 19.9 Å². The molecule has 1 N–H and O–H groups in total. The van der Waals surface area contributed by atoms with Crippen molar-refractivity contribution in [3.05, 3.63) is 71.2 Å². The largest absolute Gasteiger partial charge is 0.481 e. The average Bonchev–Trinajstić information content (AvgIpc) is 3.29. The van der Waals surface area contributed by atoms with Crippen LogP contribution < -0.4 is 10.1 Å². The van der Waals surface area contributed by atoms with Crippen LogP contribution in [0, 0.1) is 11.6 Å². The van der Waals surface area contributed by atoms with E-state index in [-0.39, 0.29) is 24.1 Å². The van der Waals surface area contributed by atoms with Crippen LogP contribution in [0.3, 0.4) is 0 Å². The number of rotatable bonds is 7. The Morgan fingerprint density at radius 2 is 2.03 bits per heavy atom. The fourth-order valence-electron chi connectivity index (χ4n) is 2.73. The number of thiazole rings is 1. The molecule has 6 nitrogen and oxygen atoms in total. The summed E-state index contributed by atoms with van der Waals surface area (Å²) in [5.41, 5.74) is 1.47. The first-order valence-corrected chi connectivity index (χ1v) is 9.71. The predicted molar refractivity (Wildman–Crippen MR) is 105 cm³/mol. The van der Waals surface area contributed by atoms with Crippen molar-refractivity contribution in [3.8, 4) is 17.1 Å². The first kappa shape index (κ1) is 19.0. The maximum Gasteiger partial charge on any atom is 0.257 e. The summed E-state index contributed by atoms with van der Waals surface area (Å²) in [7, 11) is 0. The van der Waals surface area contributed by atoms with Crippen molar-refractivity contribution in [1.29, 1.82) is 0 Å². The third kappa shape index (κ3) is 4.40. The van der Waals surface area contributed by atoms with E-state index in [1.54, 1.807) is 28.8 Å². The number of carbonyl (C=O) groups is 1. The molecule has 0 saturated carbocycles. The standard InChI is InChI=1S/C20H16F2N4O2S/c21-14-5-3-4-13(10-14)19-24-20-26(25-19)15(12-29-20)8-9-23-18(27)11-28-17-7-2-1-6-16(17)22/h1-7,10,12H,8-9,11H2,(H,23,27). The lowest BCUT2D eigenvalue weighted by Crippen LogP contribution is -2.30. The molecule has 0 saturated heterocycles. The number of nitrogens with one attached hydrogen (secondary N) is 1. The highest BCUT2D eigenvalue weighted by Gasteiger charge is 2.12. The van der Waals surface area contributed by atoms with Gasteiger partial charge in [0.25, 0.3) is 5.91 Å². The Kier molecular flexibility index (Phi) is 5.48. The van der Waals surface area contributed by atoms with E-state index in [9.17, 15) is 13.6 Å². The number of hydrogen-bond donors (Lipinski definition) is 1. The molecule has 0 aliphatic rings. The van der Waals surface area contributed by atoms with E-state index in [1.165, 1.54) is 35.6 Å². The van der Waals surface area contributed by atoms with E-state index in [0.717, 1.165) is 5.69 Å². The lowest BCUT2D eigenvalue weighted by atomic mass is 10.2. The fraction of sp³-hybridized carbons (Fsp3) is 0.150. The minimum absolute atomic E-state index is 0.0367. The number of halogens is 2. The molecule has 29 heavy (non-hydrogen) atoms. The zero-order valence-electron chi connectivity index (χ0n) is 15.1.